The normalized spacial score (nSPS) is 25.5. The summed E-state index contributed by atoms with van der Waals surface area (Å²) in [5.74, 6) is 1.15. The summed E-state index contributed by atoms with van der Waals surface area (Å²) in [6, 6.07) is 4.93. The van der Waals surface area contributed by atoms with Gasteiger partial charge >= 0.3 is 0 Å². The van der Waals surface area contributed by atoms with E-state index in [1.54, 1.807) is 24.4 Å². The van der Waals surface area contributed by atoms with Crippen molar-refractivity contribution in [1.82, 2.24) is 13.9 Å². The lowest BCUT2D eigenvalue weighted by molar-refractivity contribution is 0.146. The summed E-state index contributed by atoms with van der Waals surface area (Å²) in [4.78, 5) is 4.46. The number of nitrogens with zero attached hydrogens (tertiary/aromatic N) is 3. The minimum atomic E-state index is -3.71. The van der Waals surface area contributed by atoms with E-state index < -0.39 is 16.2 Å². The van der Waals surface area contributed by atoms with Gasteiger partial charge in [-0.1, -0.05) is 11.8 Å². The molecule has 0 bridgehead atoms. The first-order chi connectivity index (χ1) is 13.3. The second kappa shape index (κ2) is 7.68. The Bertz CT molecular complexity index is 963. The van der Waals surface area contributed by atoms with Gasteiger partial charge in [-0.25, -0.2) is 17.8 Å². The van der Waals surface area contributed by atoms with Gasteiger partial charge < -0.3 is 9.30 Å². The minimum Gasteiger partial charge on any atom is -0.490 e. The van der Waals surface area contributed by atoms with Crippen LogP contribution in [0.25, 0.3) is 0 Å². The number of rotatable bonds is 5. The van der Waals surface area contributed by atoms with Crippen molar-refractivity contribution < 1.29 is 17.5 Å². The van der Waals surface area contributed by atoms with Gasteiger partial charge in [-0.05, 0) is 37.1 Å². The van der Waals surface area contributed by atoms with E-state index in [1.165, 1.54) is 16.1 Å². The van der Waals surface area contributed by atoms with E-state index in [-0.39, 0.29) is 23.5 Å². The van der Waals surface area contributed by atoms with Crippen LogP contribution in [0.5, 0.6) is 5.75 Å². The summed E-state index contributed by atoms with van der Waals surface area (Å²) in [6.07, 6.45) is 3.63. The molecule has 1 aromatic carbocycles. The molecule has 1 saturated heterocycles. The number of imidazole rings is 1. The van der Waals surface area contributed by atoms with Crippen LogP contribution >= 0.6 is 11.8 Å². The van der Waals surface area contributed by atoms with E-state index >= 15 is 0 Å². The van der Waals surface area contributed by atoms with Crippen molar-refractivity contribution in [3.8, 4) is 5.75 Å². The number of sulfonamides is 1. The first-order valence-electron chi connectivity index (χ1n) is 9.38. The van der Waals surface area contributed by atoms with Crippen molar-refractivity contribution in [3.63, 3.8) is 0 Å². The van der Waals surface area contributed by atoms with Gasteiger partial charge in [-0.3, -0.25) is 0 Å². The average molecular weight is 426 g/mol. The molecule has 3 heterocycles. The van der Waals surface area contributed by atoms with Crippen LogP contribution in [0.2, 0.25) is 0 Å². The van der Waals surface area contributed by atoms with Crippen LogP contribution in [0.4, 0.5) is 4.39 Å². The van der Waals surface area contributed by atoms with Crippen LogP contribution in [0, 0.1) is 5.92 Å². The van der Waals surface area contributed by atoms with Gasteiger partial charge in [0.2, 0.25) is 10.0 Å². The Kier molecular flexibility index (Phi) is 5.41. The van der Waals surface area contributed by atoms with Crippen LogP contribution in [0.15, 0.2) is 40.6 Å². The zero-order valence-electron chi connectivity index (χ0n) is 15.9. The average Bonchev–Trinajstić information content (AvgIpc) is 3.24. The molecular formula is C19H24FN3O3S2. The number of thioether (sulfide) groups is 1. The van der Waals surface area contributed by atoms with Crippen LogP contribution < -0.4 is 4.74 Å². The molecule has 0 aliphatic carbocycles. The molecule has 0 N–H and O–H groups in total. The molecule has 3 unspecified atom stereocenters. The number of fused-ring (bicyclic) bond motifs is 1. The highest BCUT2D eigenvalue weighted by atomic mass is 32.2. The van der Waals surface area contributed by atoms with Crippen LogP contribution in [0.3, 0.4) is 0 Å². The van der Waals surface area contributed by atoms with Gasteiger partial charge in [0.25, 0.3) is 0 Å². The van der Waals surface area contributed by atoms with Crippen molar-refractivity contribution in [2.45, 2.75) is 42.1 Å². The molecule has 6 nitrogen and oxygen atoms in total. The van der Waals surface area contributed by atoms with Gasteiger partial charge in [-0.15, -0.1) is 0 Å². The summed E-state index contributed by atoms with van der Waals surface area (Å²) in [6.45, 7) is 2.19. The zero-order chi connectivity index (χ0) is 19.9. The molecule has 0 radical (unpaired) electrons. The first kappa shape index (κ1) is 19.7. The smallest absolute Gasteiger partial charge is 0.243 e. The molecule has 0 spiro atoms. The number of halogens is 1. The Morgan fingerprint density at radius 3 is 2.93 bits per heavy atom. The lowest BCUT2D eigenvalue weighted by Gasteiger charge is -2.33. The summed E-state index contributed by atoms with van der Waals surface area (Å²) in [5, 5.41) is 0.844. The fraction of sp³-hybridized carbons (Fsp3) is 0.526. The molecule has 152 valence electrons. The van der Waals surface area contributed by atoms with Gasteiger partial charge in [-0.2, -0.15) is 4.31 Å². The molecule has 4 rings (SSSR count). The number of ether oxygens (including phenoxy) is 1. The van der Waals surface area contributed by atoms with Crippen molar-refractivity contribution in [3.05, 3.63) is 36.2 Å². The molecule has 28 heavy (non-hydrogen) atoms. The Balaban J connectivity index is 1.42. The molecular weight excluding hydrogens is 401 g/mol. The number of benzene rings is 1. The highest BCUT2D eigenvalue weighted by Gasteiger charge is 2.36. The van der Waals surface area contributed by atoms with Crippen LogP contribution in [0.1, 0.15) is 18.9 Å². The number of hydrogen-bond acceptors (Lipinski definition) is 5. The third kappa shape index (κ3) is 3.79. The molecule has 0 saturated carbocycles. The van der Waals surface area contributed by atoms with E-state index in [0.717, 1.165) is 16.5 Å². The molecule has 2 aliphatic rings. The predicted molar refractivity (Wildman–Crippen MR) is 106 cm³/mol. The van der Waals surface area contributed by atoms with Crippen LogP contribution in [-0.4, -0.2) is 53.4 Å². The van der Waals surface area contributed by atoms with Crippen molar-refractivity contribution >= 4 is 21.8 Å². The van der Waals surface area contributed by atoms with Crippen LogP contribution in [-0.2, 0) is 23.5 Å². The monoisotopic (exact) mass is 425 g/mol. The van der Waals surface area contributed by atoms with E-state index in [1.807, 2.05) is 24.7 Å². The quantitative estimate of drug-likeness (QED) is 0.690. The number of hydrogen-bond donors (Lipinski definition) is 0. The Morgan fingerprint density at radius 2 is 2.21 bits per heavy atom. The second-order valence-electron chi connectivity index (χ2n) is 7.46. The fourth-order valence-electron chi connectivity index (χ4n) is 3.71. The maximum Gasteiger partial charge on any atom is 0.243 e. The summed E-state index contributed by atoms with van der Waals surface area (Å²) < 4.78 is 49.6. The number of piperidine rings is 1. The molecule has 0 amide bonds. The third-order valence-corrected chi connectivity index (χ3v) is 8.46. The fourth-order valence-corrected chi connectivity index (χ4v) is 6.36. The number of aromatic nitrogens is 2. The summed E-state index contributed by atoms with van der Waals surface area (Å²) in [7, 11) is -1.81. The highest BCUT2D eigenvalue weighted by molar-refractivity contribution is 7.99. The topological polar surface area (TPSA) is 64.4 Å². The lowest BCUT2D eigenvalue weighted by atomic mass is 9.98. The Morgan fingerprint density at radius 1 is 1.39 bits per heavy atom. The SMILES string of the molecule is CC1Cc2cc(S(=O)(=O)N3CCC(CSc4nccn4C)C(F)C3)ccc2O1. The van der Waals surface area contributed by atoms with E-state index in [9.17, 15) is 12.8 Å². The van der Waals surface area contributed by atoms with Gasteiger partial charge in [0.05, 0.1) is 4.90 Å². The van der Waals surface area contributed by atoms with Crippen molar-refractivity contribution in [2.24, 2.45) is 13.0 Å². The molecule has 2 aromatic rings. The van der Waals surface area contributed by atoms with Gasteiger partial charge in [0.15, 0.2) is 5.16 Å². The summed E-state index contributed by atoms with van der Waals surface area (Å²) in [5.41, 5.74) is 0.895. The maximum atomic E-state index is 14.8. The molecule has 1 fully saturated rings. The van der Waals surface area contributed by atoms with Gasteiger partial charge in [0.1, 0.15) is 18.0 Å². The highest BCUT2D eigenvalue weighted by Crippen LogP contribution is 2.34. The Hall–Kier alpha value is -1.58. The van der Waals surface area contributed by atoms with E-state index in [4.69, 9.17) is 4.74 Å². The standard InChI is InChI=1S/C19H24FN3O3S2/c1-13-9-15-10-16(3-4-18(15)26-13)28(24,25)23-7-5-14(17(20)11-23)12-27-19-21-6-8-22(19)2/h3-4,6,8,10,13-14,17H,5,7,9,11-12H2,1-2H3. The molecule has 2 aliphatic heterocycles. The third-order valence-electron chi connectivity index (χ3n) is 5.35. The summed E-state index contributed by atoms with van der Waals surface area (Å²) >= 11 is 1.51. The second-order valence-corrected chi connectivity index (χ2v) is 10.4. The molecule has 9 heteroatoms. The van der Waals surface area contributed by atoms with Crippen molar-refractivity contribution in [1.29, 1.82) is 0 Å². The molecule has 3 atom stereocenters. The predicted octanol–water partition coefficient (Wildman–Crippen LogP) is 2.88. The first-order valence-corrected chi connectivity index (χ1v) is 11.8. The molecule has 1 aromatic heterocycles. The number of aryl methyl sites for hydroxylation is 1. The van der Waals surface area contributed by atoms with Crippen molar-refractivity contribution in [2.75, 3.05) is 18.8 Å². The number of alkyl halides is 1. The van der Waals surface area contributed by atoms with Gasteiger partial charge in [0, 0.05) is 50.6 Å². The largest absolute Gasteiger partial charge is 0.490 e. The van der Waals surface area contributed by atoms with E-state index in [0.29, 0.717) is 25.1 Å². The maximum absolute atomic E-state index is 14.8. The zero-order valence-corrected chi connectivity index (χ0v) is 17.5. The minimum absolute atomic E-state index is 0.0511. The van der Waals surface area contributed by atoms with E-state index in [2.05, 4.69) is 4.98 Å². The lowest BCUT2D eigenvalue weighted by Crippen LogP contribution is -2.45. The Labute approximate surface area is 169 Å².